The topological polar surface area (TPSA) is 146 Å². The summed E-state index contributed by atoms with van der Waals surface area (Å²) in [4.78, 5) is 15.2. The van der Waals surface area contributed by atoms with Crippen molar-refractivity contribution in [2.45, 2.75) is 6.54 Å². The first kappa shape index (κ1) is 18.0. The van der Waals surface area contributed by atoms with E-state index in [1.807, 2.05) is 6.07 Å². The van der Waals surface area contributed by atoms with E-state index < -0.39 is 11.5 Å². The monoisotopic (exact) mass is 344 g/mol. The molecule has 0 amide bonds. The molecule has 8 nitrogen and oxygen atoms in total. The van der Waals surface area contributed by atoms with Gasteiger partial charge in [-0.25, -0.2) is 4.79 Å². The normalized spacial score (nSPS) is 9.12. The number of aromatic carboxylic acids is 1. The van der Waals surface area contributed by atoms with Gasteiger partial charge >= 0.3 is 5.97 Å². The van der Waals surface area contributed by atoms with Gasteiger partial charge in [0.05, 0.1) is 16.9 Å². The molecule has 0 atom stereocenters. The van der Waals surface area contributed by atoms with E-state index in [0.29, 0.717) is 12.2 Å². The second-order valence-corrected chi connectivity index (χ2v) is 4.99. The molecule has 0 saturated heterocycles. The Balaban J connectivity index is 2.38. The number of hydrogen-bond acceptors (Lipinski definition) is 7. The van der Waals surface area contributed by atoms with Gasteiger partial charge in [0, 0.05) is 18.9 Å². The fourth-order valence-electron chi connectivity index (χ4n) is 2.05. The third-order valence-corrected chi connectivity index (χ3v) is 3.32. The number of hydrogen-bond donors (Lipinski definition) is 3. The largest absolute Gasteiger partial charge is 0.478 e. The lowest BCUT2D eigenvalue weighted by atomic mass is 10.1. The molecular formula is C18H12N6O2. The molecule has 1 aromatic carbocycles. The minimum atomic E-state index is -1.14. The number of nitrogens with one attached hydrogen (secondary N) is 2. The smallest absolute Gasteiger partial charge is 0.335 e. The first-order valence-electron chi connectivity index (χ1n) is 7.30. The van der Waals surface area contributed by atoms with Crippen molar-refractivity contribution in [3.05, 3.63) is 65.1 Å². The Morgan fingerprint density at radius 1 is 1.12 bits per heavy atom. The standard InChI is InChI=1S/C18H12N6O2/c19-7-14(8-20)17(9-21)24-16-6-13(18(25)26)3-4-15(16)23-11-12-2-1-5-22-10-12/h1-6,10,23-24H,11H2,(H,25,26). The maximum absolute atomic E-state index is 11.2. The number of aromatic nitrogens is 1. The predicted molar refractivity (Wildman–Crippen MR) is 92.5 cm³/mol. The molecule has 8 heteroatoms. The van der Waals surface area contributed by atoms with E-state index in [2.05, 4.69) is 15.6 Å². The van der Waals surface area contributed by atoms with E-state index in [-0.39, 0.29) is 16.9 Å². The zero-order valence-electron chi connectivity index (χ0n) is 13.4. The van der Waals surface area contributed by atoms with Crippen molar-refractivity contribution in [3.63, 3.8) is 0 Å². The number of carbonyl (C=O) groups is 1. The van der Waals surface area contributed by atoms with Gasteiger partial charge in [-0.3, -0.25) is 4.98 Å². The van der Waals surface area contributed by atoms with Gasteiger partial charge in [0.15, 0.2) is 5.57 Å². The van der Waals surface area contributed by atoms with Crippen LogP contribution in [0.5, 0.6) is 0 Å². The summed E-state index contributed by atoms with van der Waals surface area (Å²) in [5, 5.41) is 42.0. The van der Waals surface area contributed by atoms with Gasteiger partial charge in [-0.15, -0.1) is 0 Å². The van der Waals surface area contributed by atoms with Crippen molar-refractivity contribution in [2.75, 3.05) is 10.6 Å². The van der Waals surface area contributed by atoms with E-state index in [0.717, 1.165) is 5.56 Å². The van der Waals surface area contributed by atoms with Crippen molar-refractivity contribution in [1.82, 2.24) is 4.98 Å². The molecule has 3 N–H and O–H groups in total. The summed E-state index contributed by atoms with van der Waals surface area (Å²) in [6.45, 7) is 0.407. The highest BCUT2D eigenvalue weighted by molar-refractivity contribution is 5.91. The molecular weight excluding hydrogens is 332 g/mol. The lowest BCUT2D eigenvalue weighted by Crippen LogP contribution is -2.08. The molecule has 0 radical (unpaired) electrons. The van der Waals surface area contributed by atoms with Gasteiger partial charge in [-0.1, -0.05) is 6.07 Å². The average Bonchev–Trinajstić information content (AvgIpc) is 2.67. The molecule has 0 unspecified atom stereocenters. The Bertz CT molecular complexity index is 961. The molecule has 26 heavy (non-hydrogen) atoms. The van der Waals surface area contributed by atoms with Crippen LogP contribution in [0.15, 0.2) is 54.0 Å². The molecule has 2 aromatic rings. The van der Waals surface area contributed by atoms with Gasteiger partial charge in [-0.2, -0.15) is 15.8 Å². The lowest BCUT2D eigenvalue weighted by Gasteiger charge is -2.14. The number of pyridine rings is 1. The quantitative estimate of drug-likeness (QED) is 0.678. The third-order valence-electron chi connectivity index (χ3n) is 3.32. The zero-order chi connectivity index (χ0) is 18.9. The van der Waals surface area contributed by atoms with E-state index in [4.69, 9.17) is 15.6 Å². The minimum Gasteiger partial charge on any atom is -0.478 e. The van der Waals surface area contributed by atoms with Crippen LogP contribution < -0.4 is 10.6 Å². The Morgan fingerprint density at radius 3 is 2.46 bits per heavy atom. The Morgan fingerprint density at radius 2 is 1.88 bits per heavy atom. The Kier molecular flexibility index (Phi) is 5.87. The fourth-order valence-corrected chi connectivity index (χ4v) is 2.05. The number of anilines is 2. The van der Waals surface area contributed by atoms with Crippen LogP contribution in [0.25, 0.3) is 0 Å². The first-order chi connectivity index (χ1) is 12.6. The maximum atomic E-state index is 11.2. The van der Waals surface area contributed by atoms with Crippen LogP contribution in [0.4, 0.5) is 11.4 Å². The van der Waals surface area contributed by atoms with Crippen LogP contribution in [-0.2, 0) is 6.54 Å². The SMILES string of the molecule is N#CC(C#N)=C(C#N)Nc1cc(C(=O)O)ccc1NCc1cccnc1. The van der Waals surface area contributed by atoms with Gasteiger partial charge in [0.1, 0.15) is 23.9 Å². The molecule has 126 valence electrons. The molecule has 0 spiro atoms. The van der Waals surface area contributed by atoms with E-state index in [1.54, 1.807) is 36.7 Å². The number of nitrogens with zero attached hydrogens (tertiary/aromatic N) is 4. The van der Waals surface area contributed by atoms with Crippen LogP contribution in [-0.4, -0.2) is 16.1 Å². The average molecular weight is 344 g/mol. The predicted octanol–water partition coefficient (Wildman–Crippen LogP) is 2.63. The summed E-state index contributed by atoms with van der Waals surface area (Å²) in [5.74, 6) is -1.14. The van der Waals surface area contributed by atoms with Crippen LogP contribution in [0.1, 0.15) is 15.9 Å². The number of rotatable bonds is 6. The minimum absolute atomic E-state index is 0.00724. The molecule has 0 aliphatic heterocycles. The van der Waals surface area contributed by atoms with Crippen molar-refractivity contribution in [2.24, 2.45) is 0 Å². The number of allylic oxidation sites excluding steroid dienone is 2. The molecule has 0 bridgehead atoms. The van der Waals surface area contributed by atoms with Crippen molar-refractivity contribution >= 4 is 17.3 Å². The summed E-state index contributed by atoms with van der Waals surface area (Å²) >= 11 is 0. The second-order valence-electron chi connectivity index (χ2n) is 4.99. The summed E-state index contributed by atoms with van der Waals surface area (Å²) in [6.07, 6.45) is 3.32. The van der Waals surface area contributed by atoms with E-state index >= 15 is 0 Å². The maximum Gasteiger partial charge on any atom is 0.335 e. The van der Waals surface area contributed by atoms with Crippen molar-refractivity contribution < 1.29 is 9.90 Å². The van der Waals surface area contributed by atoms with Gasteiger partial charge in [-0.05, 0) is 29.8 Å². The van der Waals surface area contributed by atoms with Crippen LogP contribution in [0.2, 0.25) is 0 Å². The summed E-state index contributed by atoms with van der Waals surface area (Å²) in [5.41, 5.74) is 0.988. The van der Waals surface area contributed by atoms with E-state index in [1.165, 1.54) is 18.2 Å². The van der Waals surface area contributed by atoms with Crippen LogP contribution in [0, 0.1) is 34.0 Å². The number of benzene rings is 1. The zero-order valence-corrected chi connectivity index (χ0v) is 13.4. The van der Waals surface area contributed by atoms with Crippen LogP contribution >= 0.6 is 0 Å². The number of carboxylic acids is 1. The summed E-state index contributed by atoms with van der Waals surface area (Å²) in [7, 11) is 0. The molecule has 0 aliphatic carbocycles. The Hall–Kier alpha value is -4.35. The number of nitriles is 3. The highest BCUT2D eigenvalue weighted by Crippen LogP contribution is 2.26. The summed E-state index contributed by atoms with van der Waals surface area (Å²) in [6, 6.07) is 12.9. The second kappa shape index (κ2) is 8.49. The Labute approximate surface area is 149 Å². The molecule has 0 fully saturated rings. The van der Waals surface area contributed by atoms with Gasteiger partial charge in [0.25, 0.3) is 0 Å². The fraction of sp³-hybridized carbons (Fsp3) is 0.0556. The third kappa shape index (κ3) is 4.35. The van der Waals surface area contributed by atoms with Crippen molar-refractivity contribution in [1.29, 1.82) is 15.8 Å². The van der Waals surface area contributed by atoms with Gasteiger partial charge in [0.2, 0.25) is 0 Å². The molecule has 1 heterocycles. The first-order valence-corrected chi connectivity index (χ1v) is 7.30. The molecule has 0 saturated carbocycles. The van der Waals surface area contributed by atoms with Crippen molar-refractivity contribution in [3.8, 4) is 18.2 Å². The molecule has 1 aromatic heterocycles. The highest BCUT2D eigenvalue weighted by atomic mass is 16.4. The van der Waals surface area contributed by atoms with E-state index in [9.17, 15) is 10.1 Å². The lowest BCUT2D eigenvalue weighted by molar-refractivity contribution is 0.0697. The van der Waals surface area contributed by atoms with Crippen LogP contribution in [0.3, 0.4) is 0 Å². The molecule has 0 aliphatic rings. The molecule has 2 rings (SSSR count). The summed E-state index contributed by atoms with van der Waals surface area (Å²) < 4.78 is 0. The highest BCUT2D eigenvalue weighted by Gasteiger charge is 2.12. The number of carboxylic acid groups (broad SMARTS) is 1. The van der Waals surface area contributed by atoms with Gasteiger partial charge < -0.3 is 15.7 Å².